The smallest absolute Gasteiger partial charge is 0.239 e. The summed E-state index contributed by atoms with van der Waals surface area (Å²) in [6.45, 7) is 4.00. The Bertz CT molecular complexity index is 400. The summed E-state index contributed by atoms with van der Waals surface area (Å²) in [7, 11) is 0. The molecule has 1 rings (SSSR count). The Balaban J connectivity index is 2.93. The van der Waals surface area contributed by atoms with Crippen molar-refractivity contribution < 1.29 is 4.79 Å². The highest BCUT2D eigenvalue weighted by atomic mass is 32.1. The maximum Gasteiger partial charge on any atom is 0.239 e. The van der Waals surface area contributed by atoms with Crippen LogP contribution in [0.4, 0.5) is 5.13 Å². The average molecular weight is 287 g/mol. The van der Waals surface area contributed by atoms with Crippen molar-refractivity contribution in [1.29, 1.82) is 0 Å². The monoisotopic (exact) mass is 287 g/mol. The van der Waals surface area contributed by atoms with Gasteiger partial charge in [-0.3, -0.25) is 10.1 Å². The summed E-state index contributed by atoms with van der Waals surface area (Å²) in [5.74, 6) is -0.211. The number of rotatable bonds is 7. The van der Waals surface area contributed by atoms with Crippen LogP contribution in [0.2, 0.25) is 0 Å². The Labute approximate surface area is 116 Å². The van der Waals surface area contributed by atoms with Crippen LogP contribution < -0.4 is 11.1 Å². The number of anilines is 1. The molecule has 0 aliphatic carbocycles. The quantitative estimate of drug-likeness (QED) is 0.742. The fraction of sp³-hybridized carbons (Fsp3) is 0.700. The Morgan fingerprint density at radius 3 is 2.44 bits per heavy atom. The lowest BCUT2D eigenvalue weighted by Gasteiger charge is -2.30. The van der Waals surface area contributed by atoms with Crippen molar-refractivity contribution in [3.05, 3.63) is 0 Å². The molecule has 8 heteroatoms. The Morgan fingerprint density at radius 2 is 2.06 bits per heavy atom. The zero-order valence-corrected chi connectivity index (χ0v) is 12.1. The molecule has 0 fully saturated rings. The summed E-state index contributed by atoms with van der Waals surface area (Å²) in [5, 5.41) is 10.2. The lowest BCUT2D eigenvalue weighted by atomic mass is 9.78. The number of nitrogens with zero attached hydrogens (tertiary/aromatic N) is 3. The SMILES string of the molecule is CCCC(CCC)(C(=O)Nc1nnns1)C(N)=S. The molecule has 1 aromatic heterocycles. The molecule has 1 heterocycles. The molecule has 1 amide bonds. The van der Waals surface area contributed by atoms with E-state index in [9.17, 15) is 4.79 Å². The van der Waals surface area contributed by atoms with E-state index in [0.717, 1.165) is 24.4 Å². The molecule has 0 saturated carbocycles. The third-order valence-electron chi connectivity index (χ3n) is 2.78. The fourth-order valence-electron chi connectivity index (χ4n) is 1.96. The summed E-state index contributed by atoms with van der Waals surface area (Å²) in [4.78, 5) is 12.6. The van der Waals surface area contributed by atoms with E-state index in [-0.39, 0.29) is 10.9 Å². The van der Waals surface area contributed by atoms with Gasteiger partial charge in [0.05, 0.1) is 10.4 Å². The van der Waals surface area contributed by atoms with E-state index < -0.39 is 5.41 Å². The second-order valence-electron chi connectivity index (χ2n) is 4.07. The Hall–Kier alpha value is -1.15. The number of carbonyl (C=O) groups excluding carboxylic acids is 1. The highest BCUT2D eigenvalue weighted by molar-refractivity contribution is 7.80. The molecule has 100 valence electrons. The van der Waals surface area contributed by atoms with E-state index >= 15 is 0 Å². The van der Waals surface area contributed by atoms with Gasteiger partial charge < -0.3 is 5.73 Å². The molecule has 0 bridgehead atoms. The molecule has 0 aliphatic rings. The van der Waals surface area contributed by atoms with Crippen molar-refractivity contribution >= 4 is 39.8 Å². The van der Waals surface area contributed by atoms with Crippen LogP contribution in [0.3, 0.4) is 0 Å². The first kappa shape index (κ1) is 14.9. The summed E-state index contributed by atoms with van der Waals surface area (Å²) < 4.78 is 3.60. The standard InChI is InChI=1S/C10H17N5OS2/c1-3-5-10(6-4-2,7(11)17)8(16)12-9-13-14-15-18-9/h3-6H2,1-2H3,(H2,11,17)(H,12,13,15,16). The highest BCUT2D eigenvalue weighted by Crippen LogP contribution is 2.32. The lowest BCUT2D eigenvalue weighted by Crippen LogP contribution is -2.46. The zero-order valence-electron chi connectivity index (χ0n) is 10.5. The molecule has 18 heavy (non-hydrogen) atoms. The predicted octanol–water partition coefficient (Wildman–Crippen LogP) is 1.74. The van der Waals surface area contributed by atoms with Gasteiger partial charge in [-0.05, 0) is 18.1 Å². The molecule has 3 N–H and O–H groups in total. The first-order chi connectivity index (χ1) is 8.56. The third kappa shape index (κ3) is 3.20. The van der Waals surface area contributed by atoms with Crippen molar-refractivity contribution in [2.45, 2.75) is 39.5 Å². The van der Waals surface area contributed by atoms with Gasteiger partial charge in [0.15, 0.2) is 0 Å². The van der Waals surface area contributed by atoms with Gasteiger partial charge in [0, 0.05) is 11.5 Å². The maximum absolute atomic E-state index is 12.4. The Morgan fingerprint density at radius 1 is 1.44 bits per heavy atom. The topological polar surface area (TPSA) is 93.8 Å². The van der Waals surface area contributed by atoms with Gasteiger partial charge in [-0.25, -0.2) is 0 Å². The average Bonchev–Trinajstić information content (AvgIpc) is 2.80. The number of thiocarbonyl (C=S) groups is 1. The molecule has 1 aromatic rings. The van der Waals surface area contributed by atoms with Gasteiger partial charge in [-0.2, -0.15) is 0 Å². The number of carbonyl (C=O) groups is 1. The van der Waals surface area contributed by atoms with Crippen molar-refractivity contribution in [3.8, 4) is 0 Å². The fourth-order valence-corrected chi connectivity index (χ4v) is 2.62. The number of nitrogens with one attached hydrogen (secondary N) is 1. The molecule has 0 spiro atoms. The normalized spacial score (nSPS) is 11.2. The summed E-state index contributed by atoms with van der Waals surface area (Å²) >= 11 is 6.13. The van der Waals surface area contributed by atoms with E-state index in [0.29, 0.717) is 18.0 Å². The third-order valence-corrected chi connectivity index (χ3v) is 3.68. The summed E-state index contributed by atoms with van der Waals surface area (Å²) in [5.41, 5.74) is 4.99. The van der Waals surface area contributed by atoms with Crippen molar-refractivity contribution in [2.24, 2.45) is 11.1 Å². The molecular weight excluding hydrogens is 270 g/mol. The first-order valence-electron chi connectivity index (χ1n) is 5.83. The van der Waals surface area contributed by atoms with Gasteiger partial charge >= 0.3 is 0 Å². The first-order valence-corrected chi connectivity index (χ1v) is 7.01. The Kier molecular flexibility index (Phi) is 5.54. The summed E-state index contributed by atoms with van der Waals surface area (Å²) in [6.07, 6.45) is 2.93. The zero-order chi connectivity index (χ0) is 13.6. The lowest BCUT2D eigenvalue weighted by molar-refractivity contribution is -0.122. The van der Waals surface area contributed by atoms with E-state index in [1.165, 1.54) is 0 Å². The van der Waals surface area contributed by atoms with Crippen LogP contribution in [0, 0.1) is 5.41 Å². The number of hydrogen-bond acceptors (Lipinski definition) is 6. The minimum absolute atomic E-state index is 0.211. The highest BCUT2D eigenvalue weighted by Gasteiger charge is 2.40. The molecule has 0 aliphatic heterocycles. The van der Waals surface area contributed by atoms with Crippen molar-refractivity contribution in [2.75, 3.05) is 5.32 Å². The van der Waals surface area contributed by atoms with Crippen molar-refractivity contribution in [3.63, 3.8) is 0 Å². The van der Waals surface area contributed by atoms with Crippen LogP contribution in [0.1, 0.15) is 39.5 Å². The minimum Gasteiger partial charge on any atom is -0.392 e. The van der Waals surface area contributed by atoms with Crippen molar-refractivity contribution in [1.82, 2.24) is 14.8 Å². The number of nitrogens with two attached hydrogens (primary N) is 1. The van der Waals surface area contributed by atoms with Gasteiger partial charge in [-0.1, -0.05) is 48.5 Å². The van der Waals surface area contributed by atoms with Gasteiger partial charge in [0.2, 0.25) is 11.0 Å². The number of amides is 1. The van der Waals surface area contributed by atoms with Crippen LogP contribution in [-0.4, -0.2) is 25.7 Å². The molecular formula is C10H17N5OS2. The van der Waals surface area contributed by atoms with E-state index in [4.69, 9.17) is 18.0 Å². The van der Waals surface area contributed by atoms with E-state index in [1.54, 1.807) is 0 Å². The van der Waals surface area contributed by atoms with Crippen LogP contribution in [0.15, 0.2) is 0 Å². The largest absolute Gasteiger partial charge is 0.392 e. The van der Waals surface area contributed by atoms with E-state index in [1.807, 2.05) is 13.8 Å². The molecule has 0 aromatic carbocycles. The number of aromatic nitrogens is 3. The molecule has 0 saturated heterocycles. The van der Waals surface area contributed by atoms with Crippen LogP contribution in [0.25, 0.3) is 0 Å². The molecule has 0 atom stereocenters. The second kappa shape index (κ2) is 6.69. The summed E-state index contributed by atoms with van der Waals surface area (Å²) in [6, 6.07) is 0. The van der Waals surface area contributed by atoms with Crippen LogP contribution in [-0.2, 0) is 4.79 Å². The molecule has 0 radical (unpaired) electrons. The minimum atomic E-state index is -0.801. The van der Waals surface area contributed by atoms with Gasteiger partial charge in [0.25, 0.3) is 0 Å². The molecule has 0 unspecified atom stereocenters. The van der Waals surface area contributed by atoms with Crippen LogP contribution in [0.5, 0.6) is 0 Å². The maximum atomic E-state index is 12.4. The predicted molar refractivity (Wildman–Crippen MR) is 75.4 cm³/mol. The van der Waals surface area contributed by atoms with Crippen LogP contribution >= 0.6 is 23.8 Å². The van der Waals surface area contributed by atoms with Gasteiger partial charge in [-0.15, -0.1) is 0 Å². The second-order valence-corrected chi connectivity index (χ2v) is 5.24. The number of hydrogen-bond donors (Lipinski definition) is 2. The van der Waals surface area contributed by atoms with E-state index in [2.05, 4.69) is 20.1 Å². The molecule has 6 nitrogen and oxygen atoms in total. The van der Waals surface area contributed by atoms with Gasteiger partial charge in [0.1, 0.15) is 0 Å².